The summed E-state index contributed by atoms with van der Waals surface area (Å²) in [5, 5.41) is 29.9. The summed E-state index contributed by atoms with van der Waals surface area (Å²) in [7, 11) is 0. The third-order valence-electron chi connectivity index (χ3n) is 2.28. The van der Waals surface area contributed by atoms with Crippen LogP contribution in [-0.4, -0.2) is 31.6 Å². The van der Waals surface area contributed by atoms with E-state index in [2.05, 4.69) is 25.7 Å². The fourth-order valence-corrected chi connectivity index (χ4v) is 1.26. The lowest BCUT2D eigenvalue weighted by molar-refractivity contribution is 0.403. The van der Waals surface area contributed by atoms with E-state index in [1.807, 2.05) is 0 Å². The van der Waals surface area contributed by atoms with Gasteiger partial charge in [-0.1, -0.05) is 6.07 Å². The highest BCUT2D eigenvalue weighted by Gasteiger charge is 2.03. The Morgan fingerprint density at radius 1 is 1.37 bits per heavy atom. The molecule has 0 aliphatic heterocycles. The van der Waals surface area contributed by atoms with Crippen molar-refractivity contribution in [3.63, 3.8) is 0 Å². The normalized spacial score (nSPS) is 10.8. The molecule has 0 saturated carbocycles. The molecule has 1 aromatic heterocycles. The number of anilines is 1. The Labute approximate surface area is 107 Å². The number of H-pyrrole nitrogens is 1. The van der Waals surface area contributed by atoms with Crippen molar-refractivity contribution in [3.8, 4) is 11.5 Å². The monoisotopic (exact) mass is 261 g/mol. The molecule has 0 amide bonds. The van der Waals surface area contributed by atoms with E-state index in [4.69, 9.17) is 0 Å². The van der Waals surface area contributed by atoms with Crippen molar-refractivity contribution in [3.05, 3.63) is 39.8 Å². The van der Waals surface area contributed by atoms with Gasteiger partial charge in [0.2, 0.25) is 5.95 Å². The zero-order valence-corrected chi connectivity index (χ0v) is 9.95. The smallest absolute Gasteiger partial charge is 0.274 e. The third-order valence-corrected chi connectivity index (χ3v) is 2.28. The van der Waals surface area contributed by atoms with Crippen LogP contribution in [0.3, 0.4) is 0 Å². The van der Waals surface area contributed by atoms with Crippen LogP contribution in [0.15, 0.2) is 28.1 Å². The number of hydrogen-bond acceptors (Lipinski definition) is 7. The molecule has 0 spiro atoms. The van der Waals surface area contributed by atoms with Gasteiger partial charge in [0.25, 0.3) is 5.56 Å². The maximum absolute atomic E-state index is 11.2. The van der Waals surface area contributed by atoms with Crippen LogP contribution in [0.2, 0.25) is 0 Å². The van der Waals surface area contributed by atoms with Gasteiger partial charge in [-0.3, -0.25) is 9.78 Å². The van der Waals surface area contributed by atoms with Crippen molar-refractivity contribution in [1.29, 1.82) is 0 Å². The molecule has 19 heavy (non-hydrogen) atoms. The van der Waals surface area contributed by atoms with Gasteiger partial charge in [0.05, 0.1) is 6.21 Å². The fraction of sp³-hybridized carbons (Fsp3) is 0.0909. The third kappa shape index (κ3) is 2.86. The van der Waals surface area contributed by atoms with Crippen LogP contribution in [0.25, 0.3) is 0 Å². The van der Waals surface area contributed by atoms with Crippen LogP contribution in [0.5, 0.6) is 11.5 Å². The van der Waals surface area contributed by atoms with E-state index in [1.165, 1.54) is 19.2 Å². The Balaban J connectivity index is 2.13. The molecule has 98 valence electrons. The molecule has 0 fully saturated rings. The lowest BCUT2D eigenvalue weighted by atomic mass is 10.2. The minimum absolute atomic E-state index is 0.0755. The summed E-state index contributed by atoms with van der Waals surface area (Å²) in [6, 6.07) is 4.47. The second-order valence-electron chi connectivity index (χ2n) is 3.67. The van der Waals surface area contributed by atoms with Gasteiger partial charge >= 0.3 is 0 Å². The topological polar surface area (TPSA) is 123 Å². The molecule has 0 aliphatic carbocycles. The number of para-hydroxylation sites is 1. The maximum atomic E-state index is 11.2. The van der Waals surface area contributed by atoms with Crippen LogP contribution in [0, 0.1) is 6.92 Å². The minimum atomic E-state index is -0.368. The molecule has 1 heterocycles. The van der Waals surface area contributed by atoms with E-state index >= 15 is 0 Å². The van der Waals surface area contributed by atoms with E-state index < -0.39 is 0 Å². The van der Waals surface area contributed by atoms with Crippen molar-refractivity contribution in [2.45, 2.75) is 6.92 Å². The summed E-state index contributed by atoms with van der Waals surface area (Å²) in [4.78, 5) is 13.7. The summed E-state index contributed by atoms with van der Waals surface area (Å²) in [6.07, 6.45) is 1.27. The van der Waals surface area contributed by atoms with Gasteiger partial charge in [-0.25, -0.2) is 5.43 Å². The largest absolute Gasteiger partial charge is 0.504 e. The zero-order valence-electron chi connectivity index (χ0n) is 9.95. The molecule has 0 saturated heterocycles. The van der Waals surface area contributed by atoms with E-state index in [1.54, 1.807) is 12.1 Å². The number of rotatable bonds is 3. The highest BCUT2D eigenvalue weighted by molar-refractivity contribution is 5.85. The first-order chi connectivity index (χ1) is 9.08. The molecule has 0 aliphatic rings. The highest BCUT2D eigenvalue weighted by atomic mass is 16.3. The molecule has 0 unspecified atom stereocenters. The van der Waals surface area contributed by atoms with Gasteiger partial charge < -0.3 is 10.2 Å². The number of hydrogen-bond donors (Lipinski definition) is 4. The lowest BCUT2D eigenvalue weighted by Gasteiger charge is -2.01. The summed E-state index contributed by atoms with van der Waals surface area (Å²) >= 11 is 0. The number of aromatic hydroxyl groups is 2. The first-order valence-electron chi connectivity index (χ1n) is 5.31. The molecule has 8 heteroatoms. The number of phenolic OH excluding ortho intramolecular Hbond substituents is 2. The molecule has 2 rings (SSSR count). The van der Waals surface area contributed by atoms with Crippen LogP contribution in [0.4, 0.5) is 5.95 Å². The number of benzene rings is 1. The first kappa shape index (κ1) is 12.6. The van der Waals surface area contributed by atoms with Crippen LogP contribution >= 0.6 is 0 Å². The highest BCUT2D eigenvalue weighted by Crippen LogP contribution is 2.26. The van der Waals surface area contributed by atoms with Crippen LogP contribution in [-0.2, 0) is 0 Å². The van der Waals surface area contributed by atoms with Crippen molar-refractivity contribution in [2.75, 3.05) is 5.43 Å². The maximum Gasteiger partial charge on any atom is 0.274 e. The Morgan fingerprint density at radius 2 is 2.16 bits per heavy atom. The first-order valence-corrected chi connectivity index (χ1v) is 5.31. The number of nitrogens with one attached hydrogen (secondary N) is 2. The van der Waals surface area contributed by atoms with Crippen molar-refractivity contribution < 1.29 is 10.2 Å². The Kier molecular flexibility index (Phi) is 3.42. The standard InChI is InChI=1S/C11H11N5O3/c1-6-10(19)13-11(16-14-6)15-12-5-7-3-2-4-8(17)9(7)18/h2-5,17-18H,1H3,(H2,13,15,16,19). The van der Waals surface area contributed by atoms with Crippen molar-refractivity contribution in [1.82, 2.24) is 15.2 Å². The van der Waals surface area contributed by atoms with E-state index in [-0.39, 0.29) is 28.7 Å². The Bertz CT molecular complexity index is 680. The lowest BCUT2D eigenvalue weighted by Crippen LogP contribution is -2.15. The predicted octanol–water partition coefficient (Wildman–Crippen LogP) is 0.331. The number of aryl methyl sites for hydroxylation is 1. The molecule has 2 aromatic rings. The minimum Gasteiger partial charge on any atom is -0.504 e. The number of aromatic amines is 1. The van der Waals surface area contributed by atoms with Crippen molar-refractivity contribution in [2.24, 2.45) is 5.10 Å². The van der Waals surface area contributed by atoms with Crippen molar-refractivity contribution >= 4 is 12.2 Å². The second kappa shape index (κ2) is 5.17. The molecular weight excluding hydrogens is 250 g/mol. The average Bonchev–Trinajstić information content (AvgIpc) is 2.39. The predicted molar refractivity (Wildman–Crippen MR) is 68.4 cm³/mol. The summed E-state index contributed by atoms with van der Waals surface area (Å²) in [5.41, 5.74) is 2.65. The second-order valence-corrected chi connectivity index (χ2v) is 3.67. The average molecular weight is 261 g/mol. The summed E-state index contributed by atoms with van der Waals surface area (Å²) < 4.78 is 0. The van der Waals surface area contributed by atoms with Crippen LogP contribution < -0.4 is 11.0 Å². The molecule has 8 nitrogen and oxygen atoms in total. The van der Waals surface area contributed by atoms with E-state index in [9.17, 15) is 15.0 Å². The molecule has 0 radical (unpaired) electrons. The fourth-order valence-electron chi connectivity index (χ4n) is 1.26. The summed E-state index contributed by atoms with van der Waals surface area (Å²) in [6.45, 7) is 1.53. The van der Waals surface area contributed by atoms with E-state index in [0.717, 1.165) is 0 Å². The van der Waals surface area contributed by atoms with E-state index in [0.29, 0.717) is 5.56 Å². The molecule has 0 atom stereocenters. The molecule has 0 bridgehead atoms. The Morgan fingerprint density at radius 3 is 2.89 bits per heavy atom. The van der Waals surface area contributed by atoms with Gasteiger partial charge in [-0.15, -0.1) is 10.2 Å². The number of aromatic nitrogens is 3. The molecule has 1 aromatic carbocycles. The quantitative estimate of drug-likeness (QED) is 0.358. The molecular formula is C11H11N5O3. The van der Waals surface area contributed by atoms with Gasteiger partial charge in [-0.2, -0.15) is 5.10 Å². The molecule has 4 N–H and O–H groups in total. The number of hydrazone groups is 1. The summed E-state index contributed by atoms with van der Waals surface area (Å²) in [5.74, 6) is -0.449. The van der Waals surface area contributed by atoms with Gasteiger partial charge in [0.1, 0.15) is 5.69 Å². The van der Waals surface area contributed by atoms with Gasteiger partial charge in [0.15, 0.2) is 11.5 Å². The number of phenols is 2. The van der Waals surface area contributed by atoms with Gasteiger partial charge in [-0.05, 0) is 19.1 Å². The van der Waals surface area contributed by atoms with Gasteiger partial charge in [0, 0.05) is 5.56 Å². The van der Waals surface area contributed by atoms with Crippen LogP contribution in [0.1, 0.15) is 11.3 Å². The number of nitrogens with zero attached hydrogens (tertiary/aromatic N) is 3. The SMILES string of the molecule is Cc1nnc(NN=Cc2cccc(O)c2O)[nH]c1=O. The Hall–Kier alpha value is -2.90. The zero-order chi connectivity index (χ0) is 13.8.